The van der Waals surface area contributed by atoms with Gasteiger partial charge in [-0.15, -0.1) is 11.3 Å². The lowest BCUT2D eigenvalue weighted by Crippen LogP contribution is -2.23. The summed E-state index contributed by atoms with van der Waals surface area (Å²) in [6.07, 6.45) is 6.46. The van der Waals surface area contributed by atoms with Crippen LogP contribution in [0.1, 0.15) is 42.2 Å². The molecule has 1 aliphatic carbocycles. The molecular weight excluding hydrogens is 360 g/mol. The zero-order chi connectivity index (χ0) is 17.9. The van der Waals surface area contributed by atoms with E-state index in [1.54, 1.807) is 23.1 Å². The van der Waals surface area contributed by atoms with Gasteiger partial charge in [-0.3, -0.25) is 9.36 Å². The molecule has 2 aromatic heterocycles. The summed E-state index contributed by atoms with van der Waals surface area (Å²) < 4.78 is 1.92. The second-order valence-corrected chi connectivity index (χ2v) is 8.97. The van der Waals surface area contributed by atoms with E-state index in [9.17, 15) is 4.79 Å². The molecule has 4 rings (SSSR count). The Bertz CT molecular complexity index is 960. The number of hydrogen-bond acceptors (Lipinski definition) is 4. The van der Waals surface area contributed by atoms with Crippen molar-refractivity contribution in [2.45, 2.75) is 57.1 Å². The predicted octanol–water partition coefficient (Wildman–Crippen LogP) is 5.08. The molecule has 0 N–H and O–H groups in total. The molecule has 1 aliphatic rings. The standard InChI is InChI=1S/C21H24N2OS2/c1-2-13-23-20(24)18-16-11-6-12-17(16)26-19(18)22-21(23)25-14-7-10-15-8-4-3-5-9-15/h3-5,8-9H,2,6-7,10-14H2,1H3. The molecule has 0 spiro atoms. The first kappa shape index (κ1) is 17.8. The SMILES string of the molecule is CCCn1c(SCCCc2ccccc2)nc2sc3c(c2c1=O)CCC3. The van der Waals surface area contributed by atoms with Crippen LogP contribution in [0.25, 0.3) is 10.2 Å². The molecule has 5 heteroatoms. The third-order valence-electron chi connectivity index (χ3n) is 4.92. The molecular formula is C21H24N2OS2. The maximum absolute atomic E-state index is 13.1. The summed E-state index contributed by atoms with van der Waals surface area (Å²) >= 11 is 3.47. The summed E-state index contributed by atoms with van der Waals surface area (Å²) in [5.41, 5.74) is 2.84. The molecule has 0 amide bonds. The lowest BCUT2D eigenvalue weighted by atomic mass is 10.1. The van der Waals surface area contributed by atoms with Crippen molar-refractivity contribution < 1.29 is 0 Å². The van der Waals surface area contributed by atoms with Gasteiger partial charge in [0, 0.05) is 17.2 Å². The van der Waals surface area contributed by atoms with E-state index in [0.29, 0.717) is 0 Å². The molecule has 2 heterocycles. The average Bonchev–Trinajstić information content (AvgIpc) is 3.23. The Kier molecular flexibility index (Phi) is 5.46. The average molecular weight is 385 g/mol. The Morgan fingerprint density at radius 1 is 1.23 bits per heavy atom. The van der Waals surface area contributed by atoms with Gasteiger partial charge in [-0.2, -0.15) is 0 Å². The normalized spacial score (nSPS) is 13.4. The van der Waals surface area contributed by atoms with Crippen LogP contribution in [-0.4, -0.2) is 15.3 Å². The molecule has 3 aromatic rings. The number of hydrogen-bond donors (Lipinski definition) is 0. The summed E-state index contributed by atoms with van der Waals surface area (Å²) in [4.78, 5) is 20.4. The second kappa shape index (κ2) is 7.97. The Balaban J connectivity index is 1.56. The smallest absolute Gasteiger partial charge is 0.263 e. The number of aryl methyl sites for hydroxylation is 3. The van der Waals surface area contributed by atoms with Crippen molar-refractivity contribution in [1.82, 2.24) is 9.55 Å². The molecule has 0 atom stereocenters. The van der Waals surface area contributed by atoms with Crippen LogP contribution in [0.2, 0.25) is 0 Å². The Morgan fingerprint density at radius 2 is 2.08 bits per heavy atom. The minimum Gasteiger partial charge on any atom is -0.287 e. The Labute approximate surface area is 162 Å². The van der Waals surface area contributed by atoms with Crippen LogP contribution >= 0.6 is 23.1 Å². The van der Waals surface area contributed by atoms with Crippen molar-refractivity contribution in [2.24, 2.45) is 0 Å². The van der Waals surface area contributed by atoms with Crippen molar-refractivity contribution in [3.05, 3.63) is 56.7 Å². The van der Waals surface area contributed by atoms with Gasteiger partial charge in [0.1, 0.15) is 4.83 Å². The zero-order valence-electron chi connectivity index (χ0n) is 15.2. The summed E-state index contributed by atoms with van der Waals surface area (Å²) in [6, 6.07) is 10.6. The van der Waals surface area contributed by atoms with Crippen LogP contribution in [0.4, 0.5) is 0 Å². The second-order valence-electron chi connectivity index (χ2n) is 6.83. The number of fused-ring (bicyclic) bond motifs is 3. The maximum atomic E-state index is 13.1. The van der Waals surface area contributed by atoms with E-state index in [2.05, 4.69) is 37.3 Å². The van der Waals surface area contributed by atoms with E-state index in [0.717, 1.165) is 59.8 Å². The fourth-order valence-corrected chi connectivity index (χ4v) is 5.94. The molecule has 0 aliphatic heterocycles. The fraction of sp³-hybridized carbons (Fsp3) is 0.429. The molecule has 0 unspecified atom stereocenters. The third kappa shape index (κ3) is 3.47. The maximum Gasteiger partial charge on any atom is 0.263 e. The minimum atomic E-state index is 0.182. The van der Waals surface area contributed by atoms with E-state index in [1.165, 1.54) is 22.4 Å². The summed E-state index contributed by atoms with van der Waals surface area (Å²) in [6.45, 7) is 2.88. The Morgan fingerprint density at radius 3 is 2.88 bits per heavy atom. The predicted molar refractivity (Wildman–Crippen MR) is 112 cm³/mol. The largest absolute Gasteiger partial charge is 0.287 e. The number of aromatic nitrogens is 2. The Hall–Kier alpha value is -1.59. The van der Waals surface area contributed by atoms with Crippen molar-refractivity contribution in [1.29, 1.82) is 0 Å². The summed E-state index contributed by atoms with van der Waals surface area (Å²) in [7, 11) is 0. The number of benzene rings is 1. The van der Waals surface area contributed by atoms with Gasteiger partial charge in [-0.25, -0.2) is 4.98 Å². The van der Waals surface area contributed by atoms with Crippen molar-refractivity contribution in [2.75, 3.05) is 5.75 Å². The van der Waals surface area contributed by atoms with Gasteiger partial charge in [0.15, 0.2) is 5.16 Å². The molecule has 26 heavy (non-hydrogen) atoms. The first-order chi connectivity index (χ1) is 12.8. The van der Waals surface area contributed by atoms with Gasteiger partial charge in [0.05, 0.1) is 5.39 Å². The van der Waals surface area contributed by atoms with Crippen molar-refractivity contribution in [3.63, 3.8) is 0 Å². The van der Waals surface area contributed by atoms with Crippen LogP contribution in [-0.2, 0) is 25.8 Å². The molecule has 0 bridgehead atoms. The van der Waals surface area contributed by atoms with E-state index in [4.69, 9.17) is 4.98 Å². The van der Waals surface area contributed by atoms with Gasteiger partial charge in [-0.05, 0) is 49.7 Å². The highest BCUT2D eigenvalue weighted by molar-refractivity contribution is 7.99. The van der Waals surface area contributed by atoms with Gasteiger partial charge in [0.2, 0.25) is 0 Å². The lowest BCUT2D eigenvalue weighted by molar-refractivity contribution is 0.585. The molecule has 0 saturated heterocycles. The van der Waals surface area contributed by atoms with Gasteiger partial charge >= 0.3 is 0 Å². The monoisotopic (exact) mass is 384 g/mol. The highest BCUT2D eigenvalue weighted by Crippen LogP contribution is 2.35. The number of rotatable bonds is 7. The fourth-order valence-electron chi connectivity index (χ4n) is 3.67. The third-order valence-corrected chi connectivity index (χ3v) is 7.17. The lowest BCUT2D eigenvalue weighted by Gasteiger charge is -2.11. The number of nitrogens with zero attached hydrogens (tertiary/aromatic N) is 2. The number of thioether (sulfide) groups is 1. The first-order valence-corrected chi connectivity index (χ1v) is 11.3. The van der Waals surface area contributed by atoms with Gasteiger partial charge in [0.25, 0.3) is 5.56 Å². The van der Waals surface area contributed by atoms with Crippen LogP contribution in [0.3, 0.4) is 0 Å². The van der Waals surface area contributed by atoms with Crippen LogP contribution in [0, 0.1) is 0 Å². The number of thiophene rings is 1. The minimum absolute atomic E-state index is 0.182. The summed E-state index contributed by atoms with van der Waals surface area (Å²) in [5, 5.41) is 1.81. The molecule has 0 fully saturated rings. The van der Waals surface area contributed by atoms with Crippen LogP contribution < -0.4 is 5.56 Å². The molecule has 3 nitrogen and oxygen atoms in total. The van der Waals surface area contributed by atoms with E-state index < -0.39 is 0 Å². The topological polar surface area (TPSA) is 34.9 Å². The van der Waals surface area contributed by atoms with Crippen LogP contribution in [0.15, 0.2) is 40.3 Å². The van der Waals surface area contributed by atoms with Gasteiger partial charge < -0.3 is 0 Å². The molecule has 0 saturated carbocycles. The van der Waals surface area contributed by atoms with E-state index in [1.807, 2.05) is 4.57 Å². The van der Waals surface area contributed by atoms with E-state index >= 15 is 0 Å². The summed E-state index contributed by atoms with van der Waals surface area (Å²) in [5.74, 6) is 0.988. The molecule has 0 radical (unpaired) electrons. The highest BCUT2D eigenvalue weighted by Gasteiger charge is 2.23. The van der Waals surface area contributed by atoms with E-state index in [-0.39, 0.29) is 5.56 Å². The van der Waals surface area contributed by atoms with Gasteiger partial charge in [-0.1, -0.05) is 49.0 Å². The molecule has 1 aromatic carbocycles. The van der Waals surface area contributed by atoms with Crippen LogP contribution in [0.5, 0.6) is 0 Å². The quantitative estimate of drug-likeness (QED) is 0.324. The van der Waals surface area contributed by atoms with Crippen molar-refractivity contribution >= 4 is 33.3 Å². The zero-order valence-corrected chi connectivity index (χ0v) is 16.8. The van der Waals surface area contributed by atoms with Crippen molar-refractivity contribution in [3.8, 4) is 0 Å². The first-order valence-electron chi connectivity index (χ1n) is 9.49. The highest BCUT2D eigenvalue weighted by atomic mass is 32.2. The molecule has 136 valence electrons.